The van der Waals surface area contributed by atoms with Crippen LogP contribution in [0.25, 0.3) is 10.9 Å². The minimum Gasteiger partial charge on any atom is -0.493 e. The summed E-state index contributed by atoms with van der Waals surface area (Å²) in [6, 6.07) is 12.1. The SMILES string of the molecule is COc1ccc(Nc2ccnc3c(C)cc(C)cc23)cc1OC. The maximum atomic E-state index is 5.36. The number of rotatable bonds is 4. The molecule has 0 unspecified atom stereocenters. The molecule has 3 rings (SSSR count). The molecule has 0 saturated heterocycles. The van der Waals surface area contributed by atoms with Crippen molar-refractivity contribution in [1.82, 2.24) is 4.98 Å². The highest BCUT2D eigenvalue weighted by Crippen LogP contribution is 2.33. The second-order valence-corrected chi connectivity index (χ2v) is 5.53. The summed E-state index contributed by atoms with van der Waals surface area (Å²) in [5, 5.41) is 4.56. The monoisotopic (exact) mass is 308 g/mol. The van der Waals surface area contributed by atoms with Crippen LogP contribution in [0.5, 0.6) is 11.5 Å². The summed E-state index contributed by atoms with van der Waals surface area (Å²) < 4.78 is 10.6. The predicted molar refractivity (Wildman–Crippen MR) is 94.0 cm³/mol. The molecule has 0 bridgehead atoms. The second kappa shape index (κ2) is 6.16. The second-order valence-electron chi connectivity index (χ2n) is 5.53. The molecular formula is C19H20N2O2. The Morgan fingerprint density at radius 2 is 1.70 bits per heavy atom. The summed E-state index contributed by atoms with van der Waals surface area (Å²) in [6.07, 6.45) is 1.83. The molecule has 0 aliphatic carbocycles. The van der Waals surface area contributed by atoms with Gasteiger partial charge in [-0.2, -0.15) is 0 Å². The van der Waals surface area contributed by atoms with Crippen molar-refractivity contribution in [3.8, 4) is 11.5 Å². The van der Waals surface area contributed by atoms with Crippen molar-refractivity contribution in [2.45, 2.75) is 13.8 Å². The maximum Gasteiger partial charge on any atom is 0.162 e. The van der Waals surface area contributed by atoms with Crippen molar-refractivity contribution >= 4 is 22.3 Å². The Labute approximate surface area is 136 Å². The zero-order chi connectivity index (χ0) is 16.4. The minimum atomic E-state index is 0.697. The zero-order valence-corrected chi connectivity index (χ0v) is 13.8. The number of pyridine rings is 1. The fraction of sp³-hybridized carbons (Fsp3) is 0.211. The molecule has 1 N–H and O–H groups in total. The predicted octanol–water partition coefficient (Wildman–Crippen LogP) is 4.61. The largest absolute Gasteiger partial charge is 0.493 e. The van der Waals surface area contributed by atoms with Crippen LogP contribution in [0.2, 0.25) is 0 Å². The summed E-state index contributed by atoms with van der Waals surface area (Å²) in [4.78, 5) is 4.50. The number of nitrogens with zero attached hydrogens (tertiary/aromatic N) is 1. The molecule has 0 saturated carbocycles. The van der Waals surface area contributed by atoms with E-state index in [0.29, 0.717) is 11.5 Å². The Morgan fingerprint density at radius 1 is 0.913 bits per heavy atom. The summed E-state index contributed by atoms with van der Waals surface area (Å²) in [6.45, 7) is 4.18. The van der Waals surface area contributed by atoms with Crippen molar-refractivity contribution in [2.75, 3.05) is 19.5 Å². The number of hydrogen-bond acceptors (Lipinski definition) is 4. The Bertz CT molecular complexity index is 859. The highest BCUT2D eigenvalue weighted by molar-refractivity contribution is 5.95. The third kappa shape index (κ3) is 2.93. The maximum absolute atomic E-state index is 5.36. The quantitative estimate of drug-likeness (QED) is 0.764. The van der Waals surface area contributed by atoms with Gasteiger partial charge in [0.2, 0.25) is 0 Å². The first-order valence-corrected chi connectivity index (χ1v) is 7.47. The van der Waals surface area contributed by atoms with E-state index in [4.69, 9.17) is 9.47 Å². The number of anilines is 2. The van der Waals surface area contributed by atoms with Gasteiger partial charge in [0.15, 0.2) is 11.5 Å². The number of nitrogens with one attached hydrogen (secondary N) is 1. The van der Waals surface area contributed by atoms with E-state index in [9.17, 15) is 0 Å². The van der Waals surface area contributed by atoms with E-state index in [-0.39, 0.29) is 0 Å². The average Bonchev–Trinajstić information content (AvgIpc) is 2.55. The Morgan fingerprint density at radius 3 is 2.43 bits per heavy atom. The van der Waals surface area contributed by atoms with Crippen molar-refractivity contribution in [2.24, 2.45) is 0 Å². The molecule has 3 aromatic rings. The number of aryl methyl sites for hydroxylation is 2. The van der Waals surface area contributed by atoms with Gasteiger partial charge < -0.3 is 14.8 Å². The third-order valence-corrected chi connectivity index (χ3v) is 3.84. The lowest BCUT2D eigenvalue weighted by atomic mass is 10.1. The van der Waals surface area contributed by atoms with Crippen LogP contribution in [0, 0.1) is 13.8 Å². The summed E-state index contributed by atoms with van der Waals surface area (Å²) >= 11 is 0. The van der Waals surface area contributed by atoms with Crippen LogP contribution in [0.15, 0.2) is 42.6 Å². The lowest BCUT2D eigenvalue weighted by Gasteiger charge is -2.13. The van der Waals surface area contributed by atoms with Gasteiger partial charge >= 0.3 is 0 Å². The van der Waals surface area contributed by atoms with Crippen LogP contribution < -0.4 is 14.8 Å². The lowest BCUT2D eigenvalue weighted by Crippen LogP contribution is -1.96. The number of aromatic nitrogens is 1. The molecule has 1 heterocycles. The van der Waals surface area contributed by atoms with Gasteiger partial charge in [-0.3, -0.25) is 4.98 Å². The van der Waals surface area contributed by atoms with Crippen LogP contribution in [-0.2, 0) is 0 Å². The average molecular weight is 308 g/mol. The van der Waals surface area contributed by atoms with Gasteiger partial charge in [0.1, 0.15) is 0 Å². The molecule has 1 aromatic heterocycles. The molecule has 0 radical (unpaired) electrons. The van der Waals surface area contributed by atoms with Crippen LogP contribution >= 0.6 is 0 Å². The fourth-order valence-corrected chi connectivity index (χ4v) is 2.79. The number of benzene rings is 2. The molecule has 0 aliphatic rings. The highest BCUT2D eigenvalue weighted by Gasteiger charge is 2.08. The molecule has 23 heavy (non-hydrogen) atoms. The Kier molecular flexibility index (Phi) is 4.06. The van der Waals surface area contributed by atoms with Crippen molar-refractivity contribution < 1.29 is 9.47 Å². The number of methoxy groups -OCH3 is 2. The standard InChI is InChI=1S/C19H20N2O2/c1-12-9-13(2)19-15(10-12)16(7-8-20-19)21-14-5-6-17(22-3)18(11-14)23-4/h5-11H,1-4H3,(H,20,21). The topological polar surface area (TPSA) is 43.4 Å². The van der Waals surface area contributed by atoms with E-state index in [1.54, 1.807) is 14.2 Å². The van der Waals surface area contributed by atoms with Gasteiger partial charge in [0.05, 0.1) is 19.7 Å². The summed E-state index contributed by atoms with van der Waals surface area (Å²) in [5.74, 6) is 1.41. The first-order valence-electron chi connectivity index (χ1n) is 7.47. The smallest absolute Gasteiger partial charge is 0.162 e. The normalized spacial score (nSPS) is 10.6. The molecular weight excluding hydrogens is 288 g/mol. The van der Waals surface area contributed by atoms with E-state index >= 15 is 0 Å². The minimum absolute atomic E-state index is 0.697. The third-order valence-electron chi connectivity index (χ3n) is 3.84. The number of hydrogen-bond donors (Lipinski definition) is 1. The molecule has 2 aromatic carbocycles. The van der Waals surface area contributed by atoms with E-state index in [0.717, 1.165) is 22.3 Å². The Balaban J connectivity index is 2.05. The Hall–Kier alpha value is -2.75. The lowest BCUT2D eigenvalue weighted by molar-refractivity contribution is 0.355. The summed E-state index contributed by atoms with van der Waals surface area (Å²) in [5.41, 5.74) is 5.37. The van der Waals surface area contributed by atoms with Crippen LogP contribution in [-0.4, -0.2) is 19.2 Å². The van der Waals surface area contributed by atoms with Crippen LogP contribution in [0.3, 0.4) is 0 Å². The first-order chi connectivity index (χ1) is 11.1. The molecule has 0 fully saturated rings. The van der Waals surface area contributed by atoms with E-state index in [2.05, 4.69) is 36.3 Å². The van der Waals surface area contributed by atoms with Crippen LogP contribution in [0.4, 0.5) is 11.4 Å². The van der Waals surface area contributed by atoms with Gasteiger partial charge in [-0.1, -0.05) is 11.6 Å². The molecule has 0 aliphatic heterocycles. The fourth-order valence-electron chi connectivity index (χ4n) is 2.79. The van der Waals surface area contributed by atoms with Gasteiger partial charge in [0, 0.05) is 29.0 Å². The highest BCUT2D eigenvalue weighted by atomic mass is 16.5. The van der Waals surface area contributed by atoms with Crippen molar-refractivity contribution in [3.05, 3.63) is 53.7 Å². The molecule has 4 nitrogen and oxygen atoms in total. The molecule has 0 spiro atoms. The van der Waals surface area contributed by atoms with Gasteiger partial charge in [0.25, 0.3) is 0 Å². The van der Waals surface area contributed by atoms with Crippen LogP contribution in [0.1, 0.15) is 11.1 Å². The van der Waals surface area contributed by atoms with Gasteiger partial charge in [-0.15, -0.1) is 0 Å². The zero-order valence-electron chi connectivity index (χ0n) is 13.8. The van der Waals surface area contributed by atoms with E-state index in [1.807, 2.05) is 30.5 Å². The van der Waals surface area contributed by atoms with Gasteiger partial charge in [-0.05, 0) is 43.7 Å². The molecule has 0 amide bonds. The number of ether oxygens (including phenoxy) is 2. The number of fused-ring (bicyclic) bond motifs is 1. The molecule has 118 valence electrons. The molecule has 4 heteroatoms. The van der Waals surface area contributed by atoms with E-state index < -0.39 is 0 Å². The van der Waals surface area contributed by atoms with Crippen molar-refractivity contribution in [3.63, 3.8) is 0 Å². The van der Waals surface area contributed by atoms with E-state index in [1.165, 1.54) is 11.1 Å². The van der Waals surface area contributed by atoms with Gasteiger partial charge in [-0.25, -0.2) is 0 Å². The van der Waals surface area contributed by atoms with Crippen molar-refractivity contribution in [1.29, 1.82) is 0 Å². The summed E-state index contributed by atoms with van der Waals surface area (Å²) in [7, 11) is 3.27. The first kappa shape index (κ1) is 15.2. The molecule has 0 atom stereocenters.